The molecule has 1 atom stereocenters. The van der Waals surface area contributed by atoms with Gasteiger partial charge in [0, 0.05) is 11.6 Å². The first-order valence-corrected chi connectivity index (χ1v) is 4.77. The molecule has 1 aromatic carbocycles. The summed E-state index contributed by atoms with van der Waals surface area (Å²) in [5, 5.41) is 3.30. The molecule has 2 heteroatoms. The maximum absolute atomic E-state index is 13.4. The van der Waals surface area contributed by atoms with Crippen LogP contribution in [-0.4, -0.2) is 6.54 Å². The Balaban J connectivity index is 2.32. The average Bonchev–Trinajstić information content (AvgIpc) is 2.61. The van der Waals surface area contributed by atoms with Crippen LogP contribution in [0.1, 0.15) is 30.0 Å². The lowest BCUT2D eigenvalue weighted by molar-refractivity contribution is 0.558. The third-order valence-corrected chi connectivity index (χ3v) is 2.59. The molecule has 0 aromatic heterocycles. The normalized spacial score (nSPS) is 22.2. The van der Waals surface area contributed by atoms with E-state index in [0.29, 0.717) is 0 Å². The van der Waals surface area contributed by atoms with Crippen molar-refractivity contribution in [1.29, 1.82) is 0 Å². The number of nitrogens with one attached hydrogen (secondary N) is 1. The summed E-state index contributed by atoms with van der Waals surface area (Å²) >= 11 is 0. The van der Waals surface area contributed by atoms with E-state index in [-0.39, 0.29) is 11.9 Å². The van der Waals surface area contributed by atoms with Crippen molar-refractivity contribution in [2.75, 3.05) is 6.54 Å². The van der Waals surface area contributed by atoms with Crippen molar-refractivity contribution in [2.45, 2.75) is 25.8 Å². The molecule has 1 unspecified atom stereocenters. The fourth-order valence-corrected chi connectivity index (χ4v) is 1.88. The van der Waals surface area contributed by atoms with E-state index in [1.807, 2.05) is 19.1 Å². The molecule has 1 saturated heterocycles. The second-order valence-corrected chi connectivity index (χ2v) is 3.67. The first-order valence-electron chi connectivity index (χ1n) is 4.77. The van der Waals surface area contributed by atoms with Gasteiger partial charge in [-0.15, -0.1) is 0 Å². The van der Waals surface area contributed by atoms with Crippen LogP contribution in [0.4, 0.5) is 4.39 Å². The highest BCUT2D eigenvalue weighted by Crippen LogP contribution is 2.25. The minimum atomic E-state index is -0.0787. The minimum absolute atomic E-state index is 0.0787. The average molecular weight is 179 g/mol. The fraction of sp³-hybridized carbons (Fsp3) is 0.455. The van der Waals surface area contributed by atoms with Crippen LogP contribution < -0.4 is 5.32 Å². The summed E-state index contributed by atoms with van der Waals surface area (Å²) < 4.78 is 13.4. The van der Waals surface area contributed by atoms with Gasteiger partial charge in [0.05, 0.1) is 0 Å². The van der Waals surface area contributed by atoms with Gasteiger partial charge < -0.3 is 5.32 Å². The molecule has 0 radical (unpaired) electrons. The van der Waals surface area contributed by atoms with Crippen LogP contribution in [0.3, 0.4) is 0 Å². The molecule has 0 saturated carbocycles. The second-order valence-electron chi connectivity index (χ2n) is 3.67. The van der Waals surface area contributed by atoms with Crippen molar-refractivity contribution in [3.63, 3.8) is 0 Å². The van der Waals surface area contributed by atoms with Gasteiger partial charge in [-0.3, -0.25) is 0 Å². The lowest BCUT2D eigenvalue weighted by Crippen LogP contribution is -2.14. The molecule has 1 nitrogen and oxygen atoms in total. The quantitative estimate of drug-likeness (QED) is 0.698. The zero-order valence-corrected chi connectivity index (χ0v) is 7.81. The van der Waals surface area contributed by atoms with Gasteiger partial charge >= 0.3 is 0 Å². The Morgan fingerprint density at radius 1 is 1.46 bits per heavy atom. The highest BCUT2D eigenvalue weighted by atomic mass is 19.1. The van der Waals surface area contributed by atoms with Crippen molar-refractivity contribution in [3.05, 3.63) is 35.1 Å². The Hall–Kier alpha value is -0.890. The highest BCUT2D eigenvalue weighted by molar-refractivity contribution is 5.27. The fourth-order valence-electron chi connectivity index (χ4n) is 1.88. The Labute approximate surface area is 78.0 Å². The molecule has 0 amide bonds. The summed E-state index contributed by atoms with van der Waals surface area (Å²) in [5.74, 6) is -0.0787. The topological polar surface area (TPSA) is 12.0 Å². The standard InChI is InChI=1S/C11H14FN/c1-8-4-5-10(12)9(7-8)11-3-2-6-13-11/h4-5,7,11,13H,2-3,6H2,1H3. The van der Waals surface area contributed by atoms with E-state index >= 15 is 0 Å². The Morgan fingerprint density at radius 3 is 3.00 bits per heavy atom. The van der Waals surface area contributed by atoms with Gasteiger partial charge in [0.2, 0.25) is 0 Å². The molecule has 1 aliphatic heterocycles. The monoisotopic (exact) mass is 179 g/mol. The lowest BCUT2D eigenvalue weighted by atomic mass is 10.0. The summed E-state index contributed by atoms with van der Waals surface area (Å²) in [4.78, 5) is 0. The van der Waals surface area contributed by atoms with E-state index in [2.05, 4.69) is 5.32 Å². The molecule has 70 valence electrons. The van der Waals surface area contributed by atoms with Gasteiger partial charge in [0.25, 0.3) is 0 Å². The number of aryl methyl sites for hydroxylation is 1. The molecule has 1 fully saturated rings. The van der Waals surface area contributed by atoms with E-state index < -0.39 is 0 Å². The summed E-state index contributed by atoms with van der Waals surface area (Å²) in [6, 6.07) is 5.55. The molecular weight excluding hydrogens is 165 g/mol. The van der Waals surface area contributed by atoms with Gasteiger partial charge in [-0.25, -0.2) is 4.39 Å². The van der Waals surface area contributed by atoms with E-state index in [1.165, 1.54) is 0 Å². The van der Waals surface area contributed by atoms with E-state index in [1.54, 1.807) is 6.07 Å². The van der Waals surface area contributed by atoms with E-state index in [4.69, 9.17) is 0 Å². The number of hydrogen-bond acceptors (Lipinski definition) is 1. The lowest BCUT2D eigenvalue weighted by Gasteiger charge is -2.12. The minimum Gasteiger partial charge on any atom is -0.310 e. The van der Waals surface area contributed by atoms with Crippen LogP contribution >= 0.6 is 0 Å². The maximum atomic E-state index is 13.4. The first kappa shape index (κ1) is 8.70. The molecule has 13 heavy (non-hydrogen) atoms. The Kier molecular flexibility index (Phi) is 2.32. The largest absolute Gasteiger partial charge is 0.310 e. The highest BCUT2D eigenvalue weighted by Gasteiger charge is 2.19. The molecule has 0 aliphatic carbocycles. The third kappa shape index (κ3) is 1.73. The molecule has 1 aliphatic rings. The zero-order chi connectivity index (χ0) is 9.26. The van der Waals surface area contributed by atoms with E-state index in [0.717, 1.165) is 30.5 Å². The third-order valence-electron chi connectivity index (χ3n) is 2.59. The van der Waals surface area contributed by atoms with Crippen molar-refractivity contribution < 1.29 is 4.39 Å². The number of rotatable bonds is 1. The smallest absolute Gasteiger partial charge is 0.127 e. The molecule has 2 rings (SSSR count). The van der Waals surface area contributed by atoms with Crippen LogP contribution in [0, 0.1) is 12.7 Å². The van der Waals surface area contributed by atoms with Crippen LogP contribution in [0.2, 0.25) is 0 Å². The number of hydrogen-bond donors (Lipinski definition) is 1. The van der Waals surface area contributed by atoms with Crippen molar-refractivity contribution >= 4 is 0 Å². The van der Waals surface area contributed by atoms with Crippen LogP contribution in [0.5, 0.6) is 0 Å². The molecule has 0 spiro atoms. The summed E-state index contributed by atoms with van der Waals surface area (Å²) in [6.07, 6.45) is 2.21. The predicted molar refractivity (Wildman–Crippen MR) is 51.1 cm³/mol. The number of benzene rings is 1. The van der Waals surface area contributed by atoms with Gasteiger partial charge in [-0.2, -0.15) is 0 Å². The van der Waals surface area contributed by atoms with Gasteiger partial charge in [0.15, 0.2) is 0 Å². The molecule has 0 bridgehead atoms. The van der Waals surface area contributed by atoms with Gasteiger partial charge in [0.1, 0.15) is 5.82 Å². The molecule has 1 N–H and O–H groups in total. The molecule has 1 heterocycles. The van der Waals surface area contributed by atoms with E-state index in [9.17, 15) is 4.39 Å². The van der Waals surface area contributed by atoms with Crippen LogP contribution in [0.25, 0.3) is 0 Å². The van der Waals surface area contributed by atoms with Crippen molar-refractivity contribution in [3.8, 4) is 0 Å². The van der Waals surface area contributed by atoms with Crippen molar-refractivity contribution in [1.82, 2.24) is 5.32 Å². The van der Waals surface area contributed by atoms with Gasteiger partial charge in [-0.1, -0.05) is 17.7 Å². The molecule has 1 aromatic rings. The number of halogens is 1. The maximum Gasteiger partial charge on any atom is 0.127 e. The summed E-state index contributed by atoms with van der Waals surface area (Å²) in [7, 11) is 0. The predicted octanol–water partition coefficient (Wildman–Crippen LogP) is 2.56. The second kappa shape index (κ2) is 3.46. The Bertz CT molecular complexity index is 303. The van der Waals surface area contributed by atoms with Crippen LogP contribution in [-0.2, 0) is 0 Å². The SMILES string of the molecule is Cc1ccc(F)c(C2CCCN2)c1. The van der Waals surface area contributed by atoms with Gasteiger partial charge in [-0.05, 0) is 32.4 Å². The zero-order valence-electron chi connectivity index (χ0n) is 7.81. The van der Waals surface area contributed by atoms with Crippen LogP contribution in [0.15, 0.2) is 18.2 Å². The molecular formula is C11H14FN. The Morgan fingerprint density at radius 2 is 2.31 bits per heavy atom. The van der Waals surface area contributed by atoms with Crippen molar-refractivity contribution in [2.24, 2.45) is 0 Å². The first-order chi connectivity index (χ1) is 6.27. The summed E-state index contributed by atoms with van der Waals surface area (Å²) in [6.45, 7) is 3.01. The summed E-state index contributed by atoms with van der Waals surface area (Å²) in [5.41, 5.74) is 1.96.